The van der Waals surface area contributed by atoms with Gasteiger partial charge in [-0.25, -0.2) is 9.18 Å². The molecule has 3 amide bonds. The van der Waals surface area contributed by atoms with E-state index < -0.39 is 17.8 Å². The van der Waals surface area contributed by atoms with Crippen molar-refractivity contribution in [1.29, 1.82) is 0 Å². The molecule has 0 bridgehead atoms. The van der Waals surface area contributed by atoms with Gasteiger partial charge in [-0.15, -0.1) is 0 Å². The van der Waals surface area contributed by atoms with Crippen molar-refractivity contribution in [2.24, 2.45) is 0 Å². The number of hydrogen-bond acceptors (Lipinski definition) is 3. The number of ether oxygens (including phenoxy) is 1. The predicted molar refractivity (Wildman–Crippen MR) is 110 cm³/mol. The van der Waals surface area contributed by atoms with E-state index >= 15 is 0 Å². The Labute approximate surface area is 168 Å². The number of carbonyl (C=O) groups is 2. The molecule has 0 aliphatic rings. The highest BCUT2D eigenvalue weighted by atomic mass is 19.1. The van der Waals surface area contributed by atoms with E-state index in [0.29, 0.717) is 6.54 Å². The van der Waals surface area contributed by atoms with Gasteiger partial charge in [0, 0.05) is 5.56 Å². The van der Waals surface area contributed by atoms with Crippen LogP contribution in [0.15, 0.2) is 60.7 Å². The summed E-state index contributed by atoms with van der Waals surface area (Å²) < 4.78 is 18.8. The van der Waals surface area contributed by atoms with Crippen LogP contribution in [-0.2, 0) is 11.3 Å². The fraction of sp³-hybridized carbons (Fsp3) is 0.182. The lowest BCUT2D eigenvalue weighted by molar-refractivity contribution is -0.885. The molecule has 0 radical (unpaired) electrons. The molecule has 0 heterocycles. The topological polar surface area (TPSA) is 71.9 Å². The van der Waals surface area contributed by atoms with Gasteiger partial charge in [0.15, 0.2) is 6.54 Å². The maximum Gasteiger partial charge on any atom is 0.326 e. The molecule has 0 saturated heterocycles. The summed E-state index contributed by atoms with van der Waals surface area (Å²) in [6, 6.07) is 17.0. The van der Waals surface area contributed by atoms with Crippen LogP contribution in [0.5, 0.6) is 5.75 Å². The standard InChI is InChI=1S/C22H22FN3O3/c1-26(13-15-7-8-17-12-18(29-2)10-9-16(17)11-15)14-21(27)25-22(28)24-20-6-4-3-5-19(20)23/h3-12H,13-14H2,1-2H3,(H2,24,25,27,28)/p+1. The summed E-state index contributed by atoms with van der Waals surface area (Å²) in [5.74, 6) is -0.202. The number of rotatable bonds is 6. The van der Waals surface area contributed by atoms with E-state index in [1.165, 1.54) is 18.2 Å². The molecule has 150 valence electrons. The lowest BCUT2D eigenvalue weighted by atomic mass is 10.1. The van der Waals surface area contributed by atoms with Gasteiger partial charge in [0.25, 0.3) is 5.91 Å². The van der Waals surface area contributed by atoms with E-state index in [-0.39, 0.29) is 12.2 Å². The first-order valence-electron chi connectivity index (χ1n) is 9.18. The van der Waals surface area contributed by atoms with Crippen LogP contribution in [0.25, 0.3) is 10.8 Å². The largest absolute Gasteiger partial charge is 0.497 e. The summed E-state index contributed by atoms with van der Waals surface area (Å²) in [4.78, 5) is 24.9. The zero-order chi connectivity index (χ0) is 20.8. The number of nitrogens with one attached hydrogen (secondary N) is 3. The van der Waals surface area contributed by atoms with Crippen LogP contribution in [-0.4, -0.2) is 32.6 Å². The van der Waals surface area contributed by atoms with Crippen molar-refractivity contribution in [3.63, 3.8) is 0 Å². The molecule has 3 N–H and O–H groups in total. The number of quaternary nitrogens is 1. The van der Waals surface area contributed by atoms with E-state index in [0.717, 1.165) is 27.0 Å². The smallest absolute Gasteiger partial charge is 0.326 e. The minimum Gasteiger partial charge on any atom is -0.497 e. The first-order valence-corrected chi connectivity index (χ1v) is 9.18. The summed E-state index contributed by atoms with van der Waals surface area (Å²) >= 11 is 0. The molecule has 3 aromatic rings. The van der Waals surface area contributed by atoms with Gasteiger partial charge in [-0.2, -0.15) is 0 Å². The number of carbonyl (C=O) groups excluding carboxylic acids is 2. The Morgan fingerprint density at radius 2 is 1.76 bits per heavy atom. The highest BCUT2D eigenvalue weighted by molar-refractivity contribution is 6.01. The number of amides is 3. The summed E-state index contributed by atoms with van der Waals surface area (Å²) in [7, 11) is 3.50. The van der Waals surface area contributed by atoms with Crippen molar-refractivity contribution < 1.29 is 23.6 Å². The van der Waals surface area contributed by atoms with E-state index in [4.69, 9.17) is 4.74 Å². The predicted octanol–water partition coefficient (Wildman–Crippen LogP) is 2.35. The Morgan fingerprint density at radius 1 is 1.03 bits per heavy atom. The summed E-state index contributed by atoms with van der Waals surface area (Å²) in [5, 5.41) is 6.72. The number of imide groups is 1. The Kier molecular flexibility index (Phi) is 6.41. The number of hydrogen-bond donors (Lipinski definition) is 3. The molecule has 3 aromatic carbocycles. The summed E-state index contributed by atoms with van der Waals surface area (Å²) in [6.07, 6.45) is 0. The van der Waals surface area contributed by atoms with Crippen molar-refractivity contribution in [3.05, 3.63) is 72.0 Å². The molecular weight excluding hydrogens is 373 g/mol. The number of para-hydroxylation sites is 1. The normalized spacial score (nSPS) is 11.7. The number of anilines is 1. The Morgan fingerprint density at radius 3 is 2.52 bits per heavy atom. The van der Waals surface area contributed by atoms with Gasteiger partial charge in [-0.05, 0) is 41.1 Å². The lowest BCUT2D eigenvalue weighted by Gasteiger charge is -2.14. The fourth-order valence-corrected chi connectivity index (χ4v) is 3.08. The Bertz CT molecular complexity index is 1040. The second-order valence-corrected chi connectivity index (χ2v) is 6.84. The molecule has 3 rings (SSSR count). The van der Waals surface area contributed by atoms with Gasteiger partial charge in [-0.1, -0.05) is 30.3 Å². The molecule has 0 aliphatic carbocycles. The second-order valence-electron chi connectivity index (χ2n) is 6.84. The van der Waals surface area contributed by atoms with Crippen LogP contribution in [0, 0.1) is 5.82 Å². The minimum atomic E-state index is -0.757. The first kappa shape index (κ1) is 20.3. The molecule has 1 atom stereocenters. The Balaban J connectivity index is 1.53. The van der Waals surface area contributed by atoms with Crippen molar-refractivity contribution in [3.8, 4) is 5.75 Å². The fourth-order valence-electron chi connectivity index (χ4n) is 3.08. The van der Waals surface area contributed by atoms with Gasteiger partial charge in [-0.3, -0.25) is 10.1 Å². The van der Waals surface area contributed by atoms with Crippen molar-refractivity contribution in [1.82, 2.24) is 5.32 Å². The first-order chi connectivity index (χ1) is 13.9. The van der Waals surface area contributed by atoms with E-state index in [9.17, 15) is 14.0 Å². The Hall–Kier alpha value is -3.45. The minimum absolute atomic E-state index is 0.0197. The average Bonchev–Trinajstić information content (AvgIpc) is 2.69. The number of fused-ring (bicyclic) bond motifs is 1. The number of benzene rings is 3. The van der Waals surface area contributed by atoms with Gasteiger partial charge >= 0.3 is 6.03 Å². The van der Waals surface area contributed by atoms with Gasteiger partial charge < -0.3 is 15.0 Å². The second kappa shape index (κ2) is 9.16. The van der Waals surface area contributed by atoms with Gasteiger partial charge in [0.05, 0.1) is 19.8 Å². The van der Waals surface area contributed by atoms with Crippen LogP contribution in [0.1, 0.15) is 5.56 Å². The third kappa shape index (κ3) is 5.52. The molecule has 0 aromatic heterocycles. The molecule has 29 heavy (non-hydrogen) atoms. The van der Waals surface area contributed by atoms with Crippen LogP contribution < -0.4 is 20.3 Å². The van der Waals surface area contributed by atoms with Crippen LogP contribution >= 0.6 is 0 Å². The number of likely N-dealkylation sites (N-methyl/N-ethyl adjacent to an activating group) is 1. The molecule has 0 aliphatic heterocycles. The third-order valence-electron chi connectivity index (χ3n) is 4.46. The molecular formula is C22H23FN3O3+. The monoisotopic (exact) mass is 396 g/mol. The zero-order valence-electron chi connectivity index (χ0n) is 16.3. The molecule has 0 spiro atoms. The van der Waals surface area contributed by atoms with E-state index in [2.05, 4.69) is 16.7 Å². The van der Waals surface area contributed by atoms with E-state index in [1.807, 2.05) is 37.4 Å². The van der Waals surface area contributed by atoms with Crippen molar-refractivity contribution in [2.75, 3.05) is 26.0 Å². The summed E-state index contributed by atoms with van der Waals surface area (Å²) in [6.45, 7) is 0.718. The van der Waals surface area contributed by atoms with E-state index in [1.54, 1.807) is 13.2 Å². The number of methoxy groups -OCH3 is 1. The highest BCUT2D eigenvalue weighted by Crippen LogP contribution is 2.21. The number of urea groups is 1. The third-order valence-corrected chi connectivity index (χ3v) is 4.46. The average molecular weight is 396 g/mol. The molecule has 7 heteroatoms. The van der Waals surface area contributed by atoms with Gasteiger partial charge in [0.1, 0.15) is 18.1 Å². The molecule has 6 nitrogen and oxygen atoms in total. The lowest BCUT2D eigenvalue weighted by Crippen LogP contribution is -3.09. The quantitative estimate of drug-likeness (QED) is 0.599. The zero-order valence-corrected chi connectivity index (χ0v) is 16.3. The highest BCUT2D eigenvalue weighted by Gasteiger charge is 2.15. The molecule has 0 saturated carbocycles. The van der Waals surface area contributed by atoms with Gasteiger partial charge in [0.2, 0.25) is 0 Å². The van der Waals surface area contributed by atoms with Crippen LogP contribution in [0.4, 0.5) is 14.9 Å². The molecule has 0 fully saturated rings. The number of halogens is 1. The molecule has 1 unspecified atom stereocenters. The maximum absolute atomic E-state index is 13.6. The van der Waals surface area contributed by atoms with Crippen molar-refractivity contribution in [2.45, 2.75) is 6.54 Å². The van der Waals surface area contributed by atoms with Crippen molar-refractivity contribution >= 4 is 28.4 Å². The van der Waals surface area contributed by atoms with Crippen LogP contribution in [0.3, 0.4) is 0 Å². The van der Waals surface area contributed by atoms with Crippen LogP contribution in [0.2, 0.25) is 0 Å². The SMILES string of the molecule is COc1ccc2cc(C[NH+](C)CC(=O)NC(=O)Nc3ccccc3F)ccc2c1. The maximum atomic E-state index is 13.6. The summed E-state index contributed by atoms with van der Waals surface area (Å²) in [5.41, 5.74) is 1.09.